The monoisotopic (exact) mass is 515 g/mol. The van der Waals surface area contributed by atoms with E-state index in [0.717, 1.165) is 11.1 Å². The fourth-order valence-electron chi connectivity index (χ4n) is 2.81. The number of thiocarbonyl (C=S) groups is 1. The molecule has 0 aliphatic heterocycles. The summed E-state index contributed by atoms with van der Waals surface area (Å²) >= 11 is 8.77. The molecule has 0 amide bonds. The van der Waals surface area contributed by atoms with Crippen LogP contribution in [0.25, 0.3) is 0 Å². The second-order valence-corrected chi connectivity index (χ2v) is 7.94. The van der Waals surface area contributed by atoms with Crippen molar-refractivity contribution >= 4 is 39.5 Å². The predicted octanol–water partition coefficient (Wildman–Crippen LogP) is 5.56. The number of hydrogen-bond acceptors (Lipinski definition) is 4. The molecule has 5 nitrogen and oxygen atoms in total. The molecule has 3 rings (SSSR count). The molecule has 3 aromatic rings. The average molecular weight is 516 g/mol. The van der Waals surface area contributed by atoms with Crippen LogP contribution in [-0.2, 0) is 13.2 Å². The zero-order chi connectivity index (χ0) is 22.8. The fourth-order valence-corrected chi connectivity index (χ4v) is 3.51. The molecular formula is C24H23BrFN3O2S. The first-order valence-corrected chi connectivity index (χ1v) is 11.2. The SMILES string of the molecule is CCOc1cc(C=NNC(=S)NCc2ccccc2)cc(Br)c1OCc1ccccc1F. The van der Waals surface area contributed by atoms with Crippen LogP contribution in [-0.4, -0.2) is 17.9 Å². The first-order valence-electron chi connectivity index (χ1n) is 10.00. The van der Waals surface area contributed by atoms with Gasteiger partial charge in [-0.05, 0) is 64.4 Å². The van der Waals surface area contributed by atoms with E-state index in [0.29, 0.717) is 39.8 Å². The number of rotatable bonds is 9. The topological polar surface area (TPSA) is 54.9 Å². The lowest BCUT2D eigenvalue weighted by Gasteiger charge is -2.15. The number of hydrogen-bond donors (Lipinski definition) is 2. The van der Waals surface area contributed by atoms with Crippen molar-refractivity contribution in [2.45, 2.75) is 20.1 Å². The molecule has 0 aliphatic carbocycles. The van der Waals surface area contributed by atoms with Crippen molar-refractivity contribution in [3.05, 3.63) is 93.7 Å². The Morgan fingerprint density at radius 1 is 1.09 bits per heavy atom. The molecule has 0 aromatic heterocycles. The van der Waals surface area contributed by atoms with Crippen molar-refractivity contribution in [2.24, 2.45) is 5.10 Å². The molecule has 32 heavy (non-hydrogen) atoms. The Bertz CT molecular complexity index is 1080. The van der Waals surface area contributed by atoms with Gasteiger partial charge in [-0.2, -0.15) is 5.10 Å². The van der Waals surface area contributed by atoms with Crippen LogP contribution in [0.1, 0.15) is 23.6 Å². The van der Waals surface area contributed by atoms with Crippen LogP contribution in [0.5, 0.6) is 11.5 Å². The lowest BCUT2D eigenvalue weighted by molar-refractivity contribution is 0.264. The van der Waals surface area contributed by atoms with Gasteiger partial charge < -0.3 is 14.8 Å². The van der Waals surface area contributed by atoms with E-state index in [1.807, 2.05) is 43.3 Å². The van der Waals surface area contributed by atoms with E-state index in [9.17, 15) is 4.39 Å². The molecule has 8 heteroatoms. The van der Waals surface area contributed by atoms with E-state index in [2.05, 4.69) is 31.8 Å². The highest BCUT2D eigenvalue weighted by atomic mass is 79.9. The average Bonchev–Trinajstić information content (AvgIpc) is 2.79. The quantitative estimate of drug-likeness (QED) is 0.222. The molecule has 0 heterocycles. The third-order valence-electron chi connectivity index (χ3n) is 4.34. The maximum absolute atomic E-state index is 13.9. The van der Waals surface area contributed by atoms with Gasteiger partial charge in [-0.15, -0.1) is 0 Å². The lowest BCUT2D eigenvalue weighted by Crippen LogP contribution is -2.31. The Morgan fingerprint density at radius 2 is 1.84 bits per heavy atom. The third-order valence-corrected chi connectivity index (χ3v) is 5.16. The van der Waals surface area contributed by atoms with Gasteiger partial charge in [0.2, 0.25) is 0 Å². The van der Waals surface area contributed by atoms with Crippen molar-refractivity contribution in [1.82, 2.24) is 10.7 Å². The van der Waals surface area contributed by atoms with E-state index in [4.69, 9.17) is 21.7 Å². The second-order valence-electron chi connectivity index (χ2n) is 6.68. The molecule has 3 aromatic carbocycles. The lowest BCUT2D eigenvalue weighted by atomic mass is 10.2. The van der Waals surface area contributed by atoms with Crippen LogP contribution in [0, 0.1) is 5.82 Å². The van der Waals surface area contributed by atoms with Gasteiger partial charge >= 0.3 is 0 Å². The van der Waals surface area contributed by atoms with Crippen molar-refractivity contribution in [3.63, 3.8) is 0 Å². The maximum atomic E-state index is 13.9. The third kappa shape index (κ3) is 7.03. The zero-order valence-corrected chi connectivity index (χ0v) is 19.9. The number of nitrogens with one attached hydrogen (secondary N) is 2. The van der Waals surface area contributed by atoms with E-state index >= 15 is 0 Å². The molecule has 0 fully saturated rings. The Hall–Kier alpha value is -2.97. The van der Waals surface area contributed by atoms with Crippen LogP contribution in [0.15, 0.2) is 76.3 Å². The highest BCUT2D eigenvalue weighted by Crippen LogP contribution is 2.37. The van der Waals surface area contributed by atoms with E-state index in [1.54, 1.807) is 30.5 Å². The summed E-state index contributed by atoms with van der Waals surface area (Å²) in [5, 5.41) is 7.70. The fraction of sp³-hybridized carbons (Fsp3) is 0.167. The van der Waals surface area contributed by atoms with Gasteiger partial charge in [0.05, 0.1) is 17.3 Å². The summed E-state index contributed by atoms with van der Waals surface area (Å²) in [6.45, 7) is 3.03. The minimum absolute atomic E-state index is 0.0850. The zero-order valence-electron chi connectivity index (χ0n) is 17.5. The highest BCUT2D eigenvalue weighted by molar-refractivity contribution is 9.10. The molecule has 0 aliphatic rings. The second kappa shape index (κ2) is 12.2. The molecule has 0 saturated carbocycles. The number of ether oxygens (including phenoxy) is 2. The van der Waals surface area contributed by atoms with E-state index in [-0.39, 0.29) is 12.4 Å². The molecule has 0 bridgehead atoms. The largest absolute Gasteiger partial charge is 0.490 e. The van der Waals surface area contributed by atoms with Gasteiger partial charge in [0.1, 0.15) is 12.4 Å². The first kappa shape index (κ1) is 23.7. The number of hydrazone groups is 1. The molecule has 0 radical (unpaired) electrons. The van der Waals surface area contributed by atoms with Crippen molar-refractivity contribution in [2.75, 3.05) is 6.61 Å². The van der Waals surface area contributed by atoms with Crippen LogP contribution >= 0.6 is 28.1 Å². The Labute approximate surface area is 200 Å². The van der Waals surface area contributed by atoms with Crippen LogP contribution in [0.3, 0.4) is 0 Å². The summed E-state index contributed by atoms with van der Waals surface area (Å²) in [5.41, 5.74) is 5.16. The summed E-state index contributed by atoms with van der Waals surface area (Å²) in [5.74, 6) is 0.720. The van der Waals surface area contributed by atoms with E-state index in [1.165, 1.54) is 6.07 Å². The van der Waals surface area contributed by atoms with Gasteiger partial charge in [-0.1, -0.05) is 48.5 Å². The van der Waals surface area contributed by atoms with Gasteiger partial charge in [-0.3, -0.25) is 5.43 Å². The normalized spacial score (nSPS) is 10.7. The van der Waals surface area contributed by atoms with Crippen molar-refractivity contribution < 1.29 is 13.9 Å². The van der Waals surface area contributed by atoms with Gasteiger partial charge in [0.15, 0.2) is 16.6 Å². The first-order chi connectivity index (χ1) is 15.6. The van der Waals surface area contributed by atoms with Gasteiger partial charge in [0.25, 0.3) is 0 Å². The summed E-state index contributed by atoms with van der Waals surface area (Å²) in [6.07, 6.45) is 1.63. The molecule has 0 unspecified atom stereocenters. The van der Waals surface area contributed by atoms with Crippen LogP contribution in [0.4, 0.5) is 4.39 Å². The van der Waals surface area contributed by atoms with Crippen LogP contribution in [0.2, 0.25) is 0 Å². The number of nitrogens with zero attached hydrogens (tertiary/aromatic N) is 1. The molecule has 2 N–H and O–H groups in total. The molecule has 0 spiro atoms. The maximum Gasteiger partial charge on any atom is 0.187 e. The number of halogens is 2. The molecular weight excluding hydrogens is 493 g/mol. The summed E-state index contributed by atoms with van der Waals surface area (Å²) in [4.78, 5) is 0. The molecule has 0 saturated heterocycles. The highest BCUT2D eigenvalue weighted by Gasteiger charge is 2.13. The Kier molecular flexibility index (Phi) is 9.01. The minimum atomic E-state index is -0.312. The summed E-state index contributed by atoms with van der Waals surface area (Å²) < 4.78 is 26.2. The standard InChI is InChI=1S/C24H23BrFN3O2S/c1-2-30-22-13-18(15-28-29-24(32)27-14-17-8-4-3-5-9-17)12-20(25)23(22)31-16-19-10-6-7-11-21(19)26/h3-13,15H,2,14,16H2,1H3,(H2,27,29,32). The minimum Gasteiger partial charge on any atom is -0.490 e. The van der Waals surface area contributed by atoms with Gasteiger partial charge in [-0.25, -0.2) is 4.39 Å². The van der Waals surface area contributed by atoms with Gasteiger partial charge in [0, 0.05) is 12.1 Å². The summed E-state index contributed by atoms with van der Waals surface area (Å²) in [7, 11) is 0. The molecule has 166 valence electrons. The van der Waals surface area contributed by atoms with Crippen molar-refractivity contribution in [1.29, 1.82) is 0 Å². The summed E-state index contributed by atoms with van der Waals surface area (Å²) in [6, 6.07) is 20.1. The van der Waals surface area contributed by atoms with E-state index < -0.39 is 0 Å². The van der Waals surface area contributed by atoms with Crippen LogP contribution < -0.4 is 20.2 Å². The number of benzene rings is 3. The predicted molar refractivity (Wildman–Crippen MR) is 133 cm³/mol. The molecule has 0 atom stereocenters. The Balaban J connectivity index is 1.62. The van der Waals surface area contributed by atoms with Crippen molar-refractivity contribution in [3.8, 4) is 11.5 Å². The smallest absolute Gasteiger partial charge is 0.187 e. The Morgan fingerprint density at radius 3 is 2.59 bits per heavy atom.